The number of non-ortho nitro benzene ring substituents is 1. The van der Waals surface area contributed by atoms with Crippen molar-refractivity contribution in [2.75, 3.05) is 20.1 Å². The molecular formula is C18H21N5O4. The van der Waals surface area contributed by atoms with E-state index in [2.05, 4.69) is 4.98 Å². The first-order valence-corrected chi connectivity index (χ1v) is 8.68. The summed E-state index contributed by atoms with van der Waals surface area (Å²) in [6, 6.07) is 5.97. The summed E-state index contributed by atoms with van der Waals surface area (Å²) >= 11 is 0. The molecule has 9 heteroatoms. The number of carbonyl (C=O) groups is 2. The third-order valence-electron chi connectivity index (χ3n) is 4.92. The van der Waals surface area contributed by atoms with Gasteiger partial charge in [-0.15, -0.1) is 0 Å². The van der Waals surface area contributed by atoms with E-state index in [1.54, 1.807) is 42.1 Å². The highest BCUT2D eigenvalue weighted by Crippen LogP contribution is 2.23. The summed E-state index contributed by atoms with van der Waals surface area (Å²) in [6.07, 6.45) is 4.45. The van der Waals surface area contributed by atoms with E-state index in [1.807, 2.05) is 0 Å². The van der Waals surface area contributed by atoms with Crippen LogP contribution in [0.4, 0.5) is 10.5 Å². The second-order valence-electron chi connectivity index (χ2n) is 6.60. The maximum absolute atomic E-state index is 12.7. The van der Waals surface area contributed by atoms with Crippen molar-refractivity contribution in [3.05, 3.63) is 46.9 Å². The van der Waals surface area contributed by atoms with Crippen molar-refractivity contribution >= 4 is 17.6 Å². The van der Waals surface area contributed by atoms with Crippen LogP contribution in [0.25, 0.3) is 11.3 Å². The third kappa shape index (κ3) is 3.97. The Kier molecular flexibility index (Phi) is 5.20. The molecule has 0 radical (unpaired) electrons. The van der Waals surface area contributed by atoms with Crippen LogP contribution in [0.1, 0.15) is 19.8 Å². The number of benzene rings is 1. The number of rotatable bonds is 3. The Morgan fingerprint density at radius 3 is 2.63 bits per heavy atom. The molecular weight excluding hydrogens is 350 g/mol. The van der Waals surface area contributed by atoms with Gasteiger partial charge in [0.05, 0.1) is 10.6 Å². The molecule has 0 atom stereocenters. The standard InChI is InChI=1S/C18H21N5O4/c1-13(24)21-8-6-15(7-9-21)20(2)18(25)22-11-17(19-12-22)14-4-3-5-16(10-14)23(26)27/h3-5,10-12,15H,6-9H2,1-2H3. The maximum Gasteiger partial charge on any atom is 0.329 e. The average Bonchev–Trinajstić information content (AvgIpc) is 3.17. The van der Waals surface area contributed by atoms with E-state index in [9.17, 15) is 19.7 Å². The minimum absolute atomic E-state index is 0.0253. The summed E-state index contributed by atoms with van der Waals surface area (Å²) in [7, 11) is 1.74. The van der Waals surface area contributed by atoms with Gasteiger partial charge in [-0.1, -0.05) is 12.1 Å². The first-order valence-electron chi connectivity index (χ1n) is 8.68. The fraction of sp³-hybridized carbons (Fsp3) is 0.389. The first kappa shape index (κ1) is 18.6. The van der Waals surface area contributed by atoms with Crippen LogP contribution >= 0.6 is 0 Å². The lowest BCUT2D eigenvalue weighted by atomic mass is 10.0. The van der Waals surface area contributed by atoms with Crippen molar-refractivity contribution < 1.29 is 14.5 Å². The predicted molar refractivity (Wildman–Crippen MR) is 98.2 cm³/mol. The van der Waals surface area contributed by atoms with Gasteiger partial charge in [0.25, 0.3) is 5.69 Å². The molecule has 3 rings (SSSR count). The van der Waals surface area contributed by atoms with E-state index in [0.717, 1.165) is 12.8 Å². The van der Waals surface area contributed by atoms with Crippen LogP contribution in [-0.2, 0) is 4.79 Å². The van der Waals surface area contributed by atoms with Gasteiger partial charge in [-0.2, -0.15) is 0 Å². The van der Waals surface area contributed by atoms with Gasteiger partial charge in [0.2, 0.25) is 5.91 Å². The summed E-state index contributed by atoms with van der Waals surface area (Å²) < 4.78 is 1.38. The summed E-state index contributed by atoms with van der Waals surface area (Å²) in [5, 5.41) is 10.9. The van der Waals surface area contributed by atoms with E-state index in [0.29, 0.717) is 24.3 Å². The lowest BCUT2D eigenvalue weighted by Gasteiger charge is -2.36. The molecule has 142 valence electrons. The molecule has 0 N–H and O–H groups in total. The molecule has 1 aliphatic heterocycles. The summed E-state index contributed by atoms with van der Waals surface area (Å²) in [4.78, 5) is 42.3. The monoisotopic (exact) mass is 371 g/mol. The molecule has 2 aromatic rings. The Hall–Kier alpha value is -3.23. The van der Waals surface area contributed by atoms with Crippen LogP contribution in [0, 0.1) is 10.1 Å². The second-order valence-corrected chi connectivity index (χ2v) is 6.60. The zero-order valence-corrected chi connectivity index (χ0v) is 15.2. The summed E-state index contributed by atoms with van der Waals surface area (Å²) in [5.74, 6) is 0.0543. The molecule has 0 unspecified atom stereocenters. The van der Waals surface area contributed by atoms with Crippen LogP contribution in [0.5, 0.6) is 0 Å². The molecule has 0 spiro atoms. The summed E-state index contributed by atoms with van der Waals surface area (Å²) in [6.45, 7) is 2.83. The number of imidazole rings is 1. The minimum atomic E-state index is -0.465. The van der Waals surface area contributed by atoms with Gasteiger partial charge < -0.3 is 9.80 Å². The number of nitrogens with zero attached hydrogens (tertiary/aromatic N) is 5. The highest BCUT2D eigenvalue weighted by atomic mass is 16.6. The Morgan fingerprint density at radius 1 is 1.30 bits per heavy atom. The van der Waals surface area contributed by atoms with Crippen molar-refractivity contribution in [3.63, 3.8) is 0 Å². The van der Waals surface area contributed by atoms with Crippen molar-refractivity contribution in [2.24, 2.45) is 0 Å². The molecule has 0 saturated carbocycles. The molecule has 9 nitrogen and oxygen atoms in total. The number of amides is 2. The van der Waals surface area contributed by atoms with Crippen molar-refractivity contribution in [2.45, 2.75) is 25.8 Å². The molecule has 1 fully saturated rings. The fourth-order valence-corrected chi connectivity index (χ4v) is 3.26. The Balaban J connectivity index is 1.71. The van der Waals surface area contributed by atoms with Gasteiger partial charge in [-0.25, -0.2) is 9.78 Å². The molecule has 1 aromatic heterocycles. The van der Waals surface area contributed by atoms with Crippen LogP contribution in [0.3, 0.4) is 0 Å². The Morgan fingerprint density at radius 2 is 2.00 bits per heavy atom. The number of piperidine rings is 1. The highest BCUT2D eigenvalue weighted by Gasteiger charge is 2.27. The van der Waals surface area contributed by atoms with E-state index >= 15 is 0 Å². The zero-order chi connectivity index (χ0) is 19.6. The number of aromatic nitrogens is 2. The molecule has 1 aliphatic rings. The van der Waals surface area contributed by atoms with Crippen molar-refractivity contribution in [1.29, 1.82) is 0 Å². The molecule has 0 aliphatic carbocycles. The molecule has 2 amide bonds. The quantitative estimate of drug-likeness (QED) is 0.609. The minimum Gasteiger partial charge on any atom is -0.343 e. The molecule has 1 saturated heterocycles. The molecule has 2 heterocycles. The Bertz CT molecular complexity index is 870. The molecule has 1 aromatic carbocycles. The lowest BCUT2D eigenvalue weighted by molar-refractivity contribution is -0.384. The Labute approximate surface area is 156 Å². The topological polar surface area (TPSA) is 102 Å². The largest absolute Gasteiger partial charge is 0.343 e. The number of hydrogen-bond acceptors (Lipinski definition) is 5. The van der Waals surface area contributed by atoms with Gasteiger partial charge in [-0.05, 0) is 12.8 Å². The molecule has 27 heavy (non-hydrogen) atoms. The van der Waals surface area contributed by atoms with Gasteiger partial charge in [0, 0.05) is 57.0 Å². The first-order chi connectivity index (χ1) is 12.9. The average molecular weight is 371 g/mol. The number of likely N-dealkylation sites (tertiary alicyclic amines) is 1. The van der Waals surface area contributed by atoms with E-state index in [-0.39, 0.29) is 23.7 Å². The predicted octanol–water partition coefficient (Wildman–Crippen LogP) is 2.37. The number of nitro groups is 1. The van der Waals surface area contributed by atoms with E-state index < -0.39 is 4.92 Å². The third-order valence-corrected chi connectivity index (χ3v) is 4.92. The van der Waals surface area contributed by atoms with Gasteiger partial charge in [0.1, 0.15) is 6.33 Å². The van der Waals surface area contributed by atoms with Crippen LogP contribution in [0.2, 0.25) is 0 Å². The number of carbonyl (C=O) groups excluding carboxylic acids is 2. The zero-order valence-electron chi connectivity index (χ0n) is 15.2. The van der Waals surface area contributed by atoms with Crippen LogP contribution < -0.4 is 0 Å². The van der Waals surface area contributed by atoms with E-state index in [4.69, 9.17) is 0 Å². The second kappa shape index (κ2) is 7.56. The van der Waals surface area contributed by atoms with Crippen LogP contribution in [0.15, 0.2) is 36.8 Å². The van der Waals surface area contributed by atoms with Crippen molar-refractivity contribution in [3.8, 4) is 11.3 Å². The lowest BCUT2D eigenvalue weighted by Crippen LogP contribution is -2.47. The van der Waals surface area contributed by atoms with Gasteiger partial charge in [-0.3, -0.25) is 19.5 Å². The number of hydrogen-bond donors (Lipinski definition) is 0. The highest BCUT2D eigenvalue weighted by molar-refractivity contribution is 5.78. The fourth-order valence-electron chi connectivity index (χ4n) is 3.26. The smallest absolute Gasteiger partial charge is 0.329 e. The summed E-state index contributed by atoms with van der Waals surface area (Å²) in [5.41, 5.74) is 1.04. The van der Waals surface area contributed by atoms with Gasteiger partial charge >= 0.3 is 6.03 Å². The maximum atomic E-state index is 12.7. The van der Waals surface area contributed by atoms with E-state index in [1.165, 1.54) is 23.0 Å². The normalized spacial score (nSPS) is 14.8. The SMILES string of the molecule is CC(=O)N1CCC(N(C)C(=O)n2cnc(-c3cccc([N+](=O)[O-])c3)c2)CC1. The van der Waals surface area contributed by atoms with Gasteiger partial charge in [0.15, 0.2) is 0 Å². The van der Waals surface area contributed by atoms with Crippen LogP contribution in [-0.4, -0.2) is 62.4 Å². The number of nitro benzene ring substituents is 1. The van der Waals surface area contributed by atoms with Crippen molar-refractivity contribution in [1.82, 2.24) is 19.4 Å². The molecule has 0 bridgehead atoms.